The number of anilines is 3. The number of nitrogens with one attached hydrogen (secondary N) is 1. The van der Waals surface area contributed by atoms with E-state index in [0.717, 1.165) is 54.0 Å². The smallest absolute Gasteiger partial charge is 0.150 e. The predicted molar refractivity (Wildman–Crippen MR) is 124 cm³/mol. The highest BCUT2D eigenvalue weighted by Crippen LogP contribution is 2.42. The molecule has 0 radical (unpaired) electrons. The molecular formula is C25H34N6. The monoisotopic (exact) mass is 418 g/mol. The quantitative estimate of drug-likeness (QED) is 0.752. The second kappa shape index (κ2) is 8.05. The van der Waals surface area contributed by atoms with E-state index in [1.807, 2.05) is 6.92 Å². The van der Waals surface area contributed by atoms with Gasteiger partial charge in [-0.15, -0.1) is 0 Å². The first-order chi connectivity index (χ1) is 15.2. The van der Waals surface area contributed by atoms with Gasteiger partial charge in [-0.25, -0.2) is 9.97 Å². The van der Waals surface area contributed by atoms with Crippen LogP contribution < -0.4 is 10.2 Å². The summed E-state index contributed by atoms with van der Waals surface area (Å²) >= 11 is 0. The van der Waals surface area contributed by atoms with Crippen LogP contribution in [0.2, 0.25) is 0 Å². The minimum absolute atomic E-state index is 0.626. The lowest BCUT2D eigenvalue weighted by Gasteiger charge is -2.47. The molecule has 0 atom stereocenters. The zero-order valence-electron chi connectivity index (χ0n) is 18.6. The number of aromatic nitrogens is 3. The number of fused-ring (bicyclic) bond motifs is 2. The molecule has 5 aliphatic rings. The lowest BCUT2D eigenvalue weighted by atomic mass is 9.71. The Labute approximate surface area is 185 Å². The molecule has 3 aliphatic heterocycles. The average molecular weight is 419 g/mol. The van der Waals surface area contributed by atoms with Gasteiger partial charge in [-0.2, -0.15) is 0 Å². The molecule has 164 valence electrons. The van der Waals surface area contributed by atoms with E-state index in [-0.39, 0.29) is 0 Å². The number of pyridine rings is 1. The topological polar surface area (TPSA) is 57.2 Å². The van der Waals surface area contributed by atoms with Crippen LogP contribution in [0.4, 0.5) is 17.5 Å². The Kier molecular flexibility index (Phi) is 5.05. The minimum Gasteiger partial charge on any atom is -0.356 e. The van der Waals surface area contributed by atoms with Crippen LogP contribution in [0, 0.1) is 24.7 Å². The lowest BCUT2D eigenvalue weighted by molar-refractivity contribution is 0.158. The van der Waals surface area contributed by atoms with Crippen molar-refractivity contribution in [2.75, 3.05) is 42.9 Å². The summed E-state index contributed by atoms with van der Waals surface area (Å²) in [7, 11) is 0. The van der Waals surface area contributed by atoms with E-state index in [1.165, 1.54) is 63.7 Å². The van der Waals surface area contributed by atoms with Gasteiger partial charge in [0.25, 0.3) is 0 Å². The van der Waals surface area contributed by atoms with E-state index in [0.29, 0.717) is 5.92 Å². The Morgan fingerprint density at radius 1 is 0.935 bits per heavy atom. The Bertz CT molecular complexity index is 900. The molecular weight excluding hydrogens is 384 g/mol. The molecule has 2 aromatic heterocycles. The van der Waals surface area contributed by atoms with E-state index in [2.05, 4.69) is 37.2 Å². The molecule has 7 rings (SSSR count). The first kappa shape index (κ1) is 19.5. The highest BCUT2D eigenvalue weighted by Gasteiger charge is 2.38. The van der Waals surface area contributed by atoms with Crippen LogP contribution in [-0.2, 0) is 0 Å². The largest absolute Gasteiger partial charge is 0.356 e. The van der Waals surface area contributed by atoms with Crippen molar-refractivity contribution in [3.63, 3.8) is 0 Å². The maximum absolute atomic E-state index is 5.02. The highest BCUT2D eigenvalue weighted by atomic mass is 15.2. The van der Waals surface area contributed by atoms with Crippen molar-refractivity contribution < 1.29 is 0 Å². The summed E-state index contributed by atoms with van der Waals surface area (Å²) in [6, 6.07) is 4.65. The third kappa shape index (κ3) is 4.40. The zero-order chi connectivity index (χ0) is 20.8. The van der Waals surface area contributed by atoms with Gasteiger partial charge in [-0.05, 0) is 99.9 Å². The number of piperidine rings is 3. The molecule has 5 heterocycles. The summed E-state index contributed by atoms with van der Waals surface area (Å²) in [6.45, 7) is 8.08. The van der Waals surface area contributed by atoms with Gasteiger partial charge in [-0.3, -0.25) is 4.98 Å². The SMILES string of the molecule is Cc1cnc(Nc2cc(C3CCN(CC4CC4)CC3)cc(N3CC4CC(C4)C3)n2)cn1. The molecule has 2 bridgehead atoms. The molecule has 6 heteroatoms. The van der Waals surface area contributed by atoms with Crippen molar-refractivity contribution >= 4 is 17.5 Å². The Morgan fingerprint density at radius 2 is 1.71 bits per heavy atom. The molecule has 0 unspecified atom stereocenters. The number of likely N-dealkylation sites (tertiary alicyclic amines) is 1. The van der Waals surface area contributed by atoms with E-state index in [9.17, 15) is 0 Å². The average Bonchev–Trinajstić information content (AvgIpc) is 3.59. The summed E-state index contributed by atoms with van der Waals surface area (Å²) < 4.78 is 0. The van der Waals surface area contributed by atoms with Gasteiger partial charge in [0.05, 0.1) is 18.1 Å². The van der Waals surface area contributed by atoms with E-state index >= 15 is 0 Å². The van der Waals surface area contributed by atoms with Gasteiger partial charge >= 0.3 is 0 Å². The van der Waals surface area contributed by atoms with E-state index in [1.54, 1.807) is 12.4 Å². The van der Waals surface area contributed by atoms with Gasteiger partial charge < -0.3 is 15.1 Å². The third-order valence-corrected chi connectivity index (χ3v) is 7.76. The Balaban J connectivity index is 1.23. The van der Waals surface area contributed by atoms with Crippen molar-refractivity contribution in [3.8, 4) is 0 Å². The number of rotatable bonds is 6. The molecule has 0 aromatic carbocycles. The summed E-state index contributed by atoms with van der Waals surface area (Å²) in [6.07, 6.45) is 11.8. The van der Waals surface area contributed by atoms with Gasteiger partial charge in [0, 0.05) is 19.6 Å². The van der Waals surface area contributed by atoms with Crippen molar-refractivity contribution in [2.24, 2.45) is 17.8 Å². The molecule has 2 aromatic rings. The standard InChI is InChI=1S/C25H34N6/c1-17-12-27-24(13-26-17)28-23-10-22(21-4-6-30(7-5-21)14-18-2-3-18)11-25(29-23)31-15-19-8-20(9-19)16-31/h10-13,18-21H,2-9,14-16H2,1H3,(H,27,28,29). The van der Waals surface area contributed by atoms with Gasteiger partial charge in [-0.1, -0.05) is 0 Å². The maximum atomic E-state index is 5.02. The Hall–Kier alpha value is -2.21. The third-order valence-electron chi connectivity index (χ3n) is 7.76. The van der Waals surface area contributed by atoms with Gasteiger partial charge in [0.1, 0.15) is 17.5 Å². The second-order valence-electron chi connectivity index (χ2n) is 10.4. The molecule has 3 saturated heterocycles. The van der Waals surface area contributed by atoms with Crippen LogP contribution in [0.15, 0.2) is 24.5 Å². The summed E-state index contributed by atoms with van der Waals surface area (Å²) in [5.41, 5.74) is 2.37. The Morgan fingerprint density at radius 3 is 2.39 bits per heavy atom. The van der Waals surface area contributed by atoms with Crippen LogP contribution in [0.5, 0.6) is 0 Å². The van der Waals surface area contributed by atoms with Crippen molar-refractivity contribution in [3.05, 3.63) is 35.8 Å². The fourth-order valence-electron chi connectivity index (χ4n) is 5.76. The zero-order valence-corrected chi connectivity index (χ0v) is 18.6. The van der Waals surface area contributed by atoms with E-state index < -0.39 is 0 Å². The number of aryl methyl sites for hydroxylation is 1. The second-order valence-corrected chi connectivity index (χ2v) is 10.4. The molecule has 1 N–H and O–H groups in total. The summed E-state index contributed by atoms with van der Waals surface area (Å²) in [5.74, 6) is 6.17. The number of hydrogen-bond donors (Lipinski definition) is 1. The van der Waals surface area contributed by atoms with Crippen molar-refractivity contribution in [2.45, 2.75) is 51.4 Å². The summed E-state index contributed by atoms with van der Waals surface area (Å²) in [4.78, 5) is 19.1. The first-order valence-electron chi connectivity index (χ1n) is 12.2. The highest BCUT2D eigenvalue weighted by molar-refractivity contribution is 5.57. The number of nitrogens with zero attached hydrogens (tertiary/aromatic N) is 5. The first-order valence-corrected chi connectivity index (χ1v) is 12.2. The molecule has 2 saturated carbocycles. The van der Waals surface area contributed by atoms with Crippen LogP contribution in [-0.4, -0.2) is 52.6 Å². The summed E-state index contributed by atoms with van der Waals surface area (Å²) in [5, 5.41) is 3.43. The molecule has 0 amide bonds. The fourth-order valence-corrected chi connectivity index (χ4v) is 5.76. The number of hydrogen-bond acceptors (Lipinski definition) is 6. The normalized spacial score (nSPS) is 26.5. The van der Waals surface area contributed by atoms with Crippen molar-refractivity contribution in [1.29, 1.82) is 0 Å². The molecule has 6 nitrogen and oxygen atoms in total. The van der Waals surface area contributed by atoms with Crippen LogP contribution in [0.3, 0.4) is 0 Å². The van der Waals surface area contributed by atoms with Crippen molar-refractivity contribution in [1.82, 2.24) is 19.9 Å². The predicted octanol–water partition coefficient (Wildman–Crippen LogP) is 4.36. The van der Waals surface area contributed by atoms with Crippen LogP contribution >= 0.6 is 0 Å². The van der Waals surface area contributed by atoms with Crippen LogP contribution in [0.25, 0.3) is 0 Å². The maximum Gasteiger partial charge on any atom is 0.150 e. The molecule has 2 aliphatic carbocycles. The minimum atomic E-state index is 0.626. The molecule has 5 fully saturated rings. The van der Waals surface area contributed by atoms with Gasteiger partial charge in [0.15, 0.2) is 0 Å². The van der Waals surface area contributed by atoms with Crippen LogP contribution in [0.1, 0.15) is 55.7 Å². The molecule has 31 heavy (non-hydrogen) atoms. The van der Waals surface area contributed by atoms with E-state index in [4.69, 9.17) is 4.98 Å². The molecule has 0 spiro atoms. The fraction of sp³-hybridized carbons (Fsp3) is 0.640. The lowest BCUT2D eigenvalue weighted by Crippen LogP contribution is -2.49. The van der Waals surface area contributed by atoms with Gasteiger partial charge in [0.2, 0.25) is 0 Å².